The molecule has 0 unspecified atom stereocenters. The van der Waals surface area contributed by atoms with E-state index in [1.54, 1.807) is 49.6 Å². The Bertz CT molecular complexity index is 1240. The van der Waals surface area contributed by atoms with Crippen LogP contribution in [0.1, 0.15) is 23.0 Å². The molecular weight excluding hydrogens is 430 g/mol. The van der Waals surface area contributed by atoms with Crippen molar-refractivity contribution in [3.05, 3.63) is 78.3 Å². The average Bonchev–Trinajstić information content (AvgIpc) is 3.17. The number of amides is 1. The summed E-state index contributed by atoms with van der Waals surface area (Å²) in [6, 6.07) is 15.6. The minimum absolute atomic E-state index is 0.110. The molecule has 32 heavy (non-hydrogen) atoms. The molecule has 0 saturated carbocycles. The zero-order chi connectivity index (χ0) is 22.3. The number of nitrogens with one attached hydrogen (secondary N) is 1. The fourth-order valence-electron chi connectivity index (χ4n) is 2.98. The summed E-state index contributed by atoms with van der Waals surface area (Å²) in [5.74, 6) is 0.155. The van der Waals surface area contributed by atoms with Gasteiger partial charge in [0.15, 0.2) is 5.16 Å². The van der Waals surface area contributed by atoms with Crippen molar-refractivity contribution in [3.63, 3.8) is 0 Å². The molecular formula is C23H19N3O5S. The first kappa shape index (κ1) is 21.4. The van der Waals surface area contributed by atoms with Crippen molar-refractivity contribution in [1.29, 1.82) is 0 Å². The van der Waals surface area contributed by atoms with Gasteiger partial charge in [-0.3, -0.25) is 5.32 Å². The molecule has 2 aromatic heterocycles. The Kier molecular flexibility index (Phi) is 6.66. The number of rotatable bonds is 7. The van der Waals surface area contributed by atoms with Gasteiger partial charge in [-0.05, 0) is 31.2 Å². The maximum absolute atomic E-state index is 13.0. The van der Waals surface area contributed by atoms with E-state index in [9.17, 15) is 9.59 Å². The van der Waals surface area contributed by atoms with Gasteiger partial charge in [0, 0.05) is 40.8 Å². The van der Waals surface area contributed by atoms with Crippen LogP contribution in [-0.2, 0) is 10.5 Å². The Hall–Kier alpha value is -3.85. The van der Waals surface area contributed by atoms with Crippen LogP contribution in [0.2, 0.25) is 0 Å². The zero-order valence-corrected chi connectivity index (χ0v) is 17.9. The van der Waals surface area contributed by atoms with Gasteiger partial charge in [0.05, 0.1) is 6.61 Å². The van der Waals surface area contributed by atoms with Crippen molar-refractivity contribution >= 4 is 40.5 Å². The van der Waals surface area contributed by atoms with Crippen molar-refractivity contribution in [3.8, 4) is 5.75 Å². The molecule has 162 valence electrons. The van der Waals surface area contributed by atoms with E-state index in [0.717, 1.165) is 5.39 Å². The Labute approximate surface area is 188 Å². The van der Waals surface area contributed by atoms with Gasteiger partial charge in [0.25, 0.3) is 0 Å². The highest BCUT2D eigenvalue weighted by atomic mass is 32.2. The monoisotopic (exact) mass is 449 g/mol. The molecule has 0 saturated heterocycles. The number of carbonyl (C=O) groups excluding carboxylic acids is 2. The summed E-state index contributed by atoms with van der Waals surface area (Å²) in [6.07, 6.45) is 2.74. The Balaban J connectivity index is 1.56. The predicted octanol–water partition coefficient (Wildman–Crippen LogP) is 5.30. The third-order valence-electron chi connectivity index (χ3n) is 4.34. The number of nitrogens with zero attached hydrogens (tertiary/aromatic N) is 2. The van der Waals surface area contributed by atoms with Gasteiger partial charge >= 0.3 is 12.1 Å². The van der Waals surface area contributed by atoms with Crippen LogP contribution in [0, 0.1) is 0 Å². The highest BCUT2D eigenvalue weighted by Crippen LogP contribution is 2.32. The van der Waals surface area contributed by atoms with Gasteiger partial charge in [-0.25, -0.2) is 19.6 Å². The third-order valence-corrected chi connectivity index (χ3v) is 5.24. The quantitative estimate of drug-likeness (QED) is 0.175. The van der Waals surface area contributed by atoms with Crippen molar-refractivity contribution in [1.82, 2.24) is 9.97 Å². The number of benzene rings is 2. The lowest BCUT2D eigenvalue weighted by atomic mass is 10.1. The van der Waals surface area contributed by atoms with E-state index in [1.165, 1.54) is 17.8 Å². The summed E-state index contributed by atoms with van der Waals surface area (Å²) >= 11 is 1.39. The molecule has 0 aliphatic heterocycles. The molecule has 0 aliphatic rings. The Morgan fingerprint density at radius 2 is 1.88 bits per heavy atom. The summed E-state index contributed by atoms with van der Waals surface area (Å²) in [5.41, 5.74) is 1.72. The summed E-state index contributed by atoms with van der Waals surface area (Å²) in [5, 5.41) is 3.99. The first-order chi connectivity index (χ1) is 15.6. The number of hydrogen-bond donors (Lipinski definition) is 1. The summed E-state index contributed by atoms with van der Waals surface area (Å²) in [7, 11) is 0. The van der Waals surface area contributed by atoms with Gasteiger partial charge in [0.1, 0.15) is 11.3 Å². The van der Waals surface area contributed by atoms with Crippen molar-refractivity contribution in [2.45, 2.75) is 17.8 Å². The molecule has 0 atom stereocenters. The second kappa shape index (κ2) is 9.97. The smallest absolute Gasteiger partial charge is 0.411 e. The molecule has 2 heterocycles. The van der Waals surface area contributed by atoms with E-state index in [2.05, 4.69) is 15.3 Å². The van der Waals surface area contributed by atoms with Crippen LogP contribution in [0.5, 0.6) is 5.75 Å². The van der Waals surface area contributed by atoms with Crippen LogP contribution in [0.25, 0.3) is 11.0 Å². The average molecular weight is 449 g/mol. The second-order valence-corrected chi connectivity index (χ2v) is 7.43. The number of para-hydroxylation sites is 1. The summed E-state index contributed by atoms with van der Waals surface area (Å²) in [6.45, 7) is 1.96. The fourth-order valence-corrected chi connectivity index (χ4v) is 3.81. The number of furan rings is 1. The standard InChI is InChI=1S/C23H19N3O5S/c1-2-29-23(28)26-15-7-5-8-16(13-15)30-21(27)20-18(14-32-22-24-11-6-12-25-22)17-9-3-4-10-19(17)31-20/h3-13H,2,14H2,1H3,(H,26,28). The molecule has 4 rings (SSSR count). The van der Waals surface area contributed by atoms with Gasteiger partial charge in [-0.1, -0.05) is 36.0 Å². The molecule has 0 fully saturated rings. The highest BCUT2D eigenvalue weighted by Gasteiger charge is 2.23. The van der Waals surface area contributed by atoms with Crippen molar-refractivity contribution < 1.29 is 23.5 Å². The van der Waals surface area contributed by atoms with Crippen LogP contribution in [0.15, 0.2) is 76.6 Å². The number of thioether (sulfide) groups is 1. The first-order valence-corrected chi connectivity index (χ1v) is 10.8. The molecule has 9 heteroatoms. The van der Waals surface area contributed by atoms with Gasteiger partial charge < -0.3 is 13.9 Å². The SMILES string of the molecule is CCOC(=O)Nc1cccc(OC(=O)c2oc3ccccc3c2CSc2ncccn2)c1. The summed E-state index contributed by atoms with van der Waals surface area (Å²) in [4.78, 5) is 33.0. The van der Waals surface area contributed by atoms with Crippen molar-refractivity contribution in [2.24, 2.45) is 0 Å². The maximum Gasteiger partial charge on any atom is 0.411 e. The molecule has 4 aromatic rings. The van der Waals surface area contributed by atoms with Gasteiger partial charge in [-0.15, -0.1) is 0 Å². The molecule has 8 nitrogen and oxygen atoms in total. The van der Waals surface area contributed by atoms with Crippen LogP contribution in [0.4, 0.5) is 10.5 Å². The van der Waals surface area contributed by atoms with E-state index < -0.39 is 12.1 Å². The zero-order valence-electron chi connectivity index (χ0n) is 17.1. The van der Waals surface area contributed by atoms with Crippen molar-refractivity contribution in [2.75, 3.05) is 11.9 Å². The maximum atomic E-state index is 13.0. The number of anilines is 1. The lowest BCUT2D eigenvalue weighted by molar-refractivity contribution is 0.0703. The number of esters is 1. The Morgan fingerprint density at radius 3 is 2.69 bits per heavy atom. The van der Waals surface area contributed by atoms with E-state index in [4.69, 9.17) is 13.9 Å². The Morgan fingerprint density at radius 1 is 1.06 bits per heavy atom. The number of fused-ring (bicyclic) bond motifs is 1. The molecule has 0 radical (unpaired) electrons. The molecule has 0 aliphatic carbocycles. The molecule has 2 aromatic carbocycles. The molecule has 1 N–H and O–H groups in total. The minimum Gasteiger partial charge on any atom is -0.450 e. The number of ether oxygens (including phenoxy) is 2. The topological polar surface area (TPSA) is 104 Å². The van der Waals surface area contributed by atoms with Gasteiger partial charge in [-0.2, -0.15) is 0 Å². The lowest BCUT2D eigenvalue weighted by Gasteiger charge is -2.08. The molecule has 0 spiro atoms. The predicted molar refractivity (Wildman–Crippen MR) is 120 cm³/mol. The number of hydrogen-bond acceptors (Lipinski definition) is 8. The van der Waals surface area contributed by atoms with Crippen LogP contribution in [-0.4, -0.2) is 28.6 Å². The van der Waals surface area contributed by atoms with Gasteiger partial charge in [0.2, 0.25) is 5.76 Å². The van der Waals surface area contributed by atoms with Crippen LogP contribution >= 0.6 is 11.8 Å². The van der Waals surface area contributed by atoms with Crippen LogP contribution in [0.3, 0.4) is 0 Å². The third kappa shape index (κ3) is 5.06. The van der Waals surface area contributed by atoms with E-state index >= 15 is 0 Å². The lowest BCUT2D eigenvalue weighted by Crippen LogP contribution is -2.14. The number of carbonyl (C=O) groups is 2. The fraction of sp³-hybridized carbons (Fsp3) is 0.130. The normalized spacial score (nSPS) is 10.7. The van der Waals surface area contributed by atoms with E-state index in [0.29, 0.717) is 27.7 Å². The van der Waals surface area contributed by atoms with E-state index in [-0.39, 0.29) is 18.1 Å². The summed E-state index contributed by atoms with van der Waals surface area (Å²) < 4.78 is 16.2. The molecule has 0 bridgehead atoms. The number of aromatic nitrogens is 2. The second-order valence-electron chi connectivity index (χ2n) is 6.49. The minimum atomic E-state index is -0.640. The highest BCUT2D eigenvalue weighted by molar-refractivity contribution is 7.98. The first-order valence-electron chi connectivity index (χ1n) is 9.80. The molecule has 1 amide bonds. The van der Waals surface area contributed by atoms with E-state index in [1.807, 2.05) is 18.2 Å². The van der Waals surface area contributed by atoms with Crippen LogP contribution < -0.4 is 10.1 Å². The largest absolute Gasteiger partial charge is 0.450 e.